The zero-order valence-corrected chi connectivity index (χ0v) is 26.5. The number of benzene rings is 2. The standard InChI is InChI=1S/C32H26N4O3.C2H6.H2INO/c37-19-7-9-22-8-3-13-25(20-22)29(32(39)36-27-16-5-12-24-14-6-18-34-30(24)27)31(38)35-26-15-4-11-23-10-1-2-17-33-28(23)21-26;1-2;1-2-3/h1,3-21,28-29H,2H2,(H,35,38)(H,36,39);1-2H3;2-3H/b9-7+;;. The van der Waals surface area contributed by atoms with E-state index in [4.69, 9.17) is 5.21 Å². The number of allylic oxidation sites excluding steroid dienone is 5. The number of aromatic nitrogens is 1. The Morgan fingerprint density at radius 3 is 2.59 bits per heavy atom. The smallest absolute Gasteiger partial charge is 0.241 e. The molecule has 4 N–H and O–H groups in total. The first kappa shape index (κ1) is 34.0. The Hall–Kier alpha value is -4.52. The minimum Gasteiger partial charge on any atom is -0.325 e. The van der Waals surface area contributed by atoms with E-state index in [0.717, 1.165) is 17.4 Å². The molecule has 1 aromatic heterocycles. The molecule has 2 amide bonds. The Bertz CT molecular complexity index is 1640. The minimum absolute atomic E-state index is 0.236. The molecular weight excluding hydrogens is 669 g/mol. The van der Waals surface area contributed by atoms with E-state index in [0.29, 0.717) is 34.3 Å². The highest BCUT2D eigenvalue weighted by Gasteiger charge is 2.30. The van der Waals surface area contributed by atoms with Gasteiger partial charge in [0, 0.05) is 52.8 Å². The number of nitrogens with one attached hydrogen (secondary N) is 3. The minimum atomic E-state index is -1.18. The van der Waals surface area contributed by atoms with Gasteiger partial charge in [0.05, 0.1) is 17.2 Å². The van der Waals surface area contributed by atoms with Gasteiger partial charge in [-0.1, -0.05) is 86.7 Å². The number of rotatable bonds is 7. The van der Waals surface area contributed by atoms with Gasteiger partial charge in [-0.15, -0.1) is 3.69 Å². The largest absolute Gasteiger partial charge is 0.325 e. The lowest BCUT2D eigenvalue weighted by Gasteiger charge is -2.19. The van der Waals surface area contributed by atoms with Crippen molar-refractivity contribution in [1.29, 1.82) is 0 Å². The van der Waals surface area contributed by atoms with Gasteiger partial charge in [0.25, 0.3) is 0 Å². The second-order valence-corrected chi connectivity index (χ2v) is 9.59. The molecule has 0 bridgehead atoms. The molecule has 2 unspecified atom stereocenters. The summed E-state index contributed by atoms with van der Waals surface area (Å²) >= 11 is 1.59. The van der Waals surface area contributed by atoms with E-state index < -0.39 is 17.7 Å². The highest BCUT2D eigenvalue weighted by atomic mass is 127. The van der Waals surface area contributed by atoms with Gasteiger partial charge >= 0.3 is 0 Å². The molecule has 1 aliphatic heterocycles. The van der Waals surface area contributed by atoms with Crippen LogP contribution in [0.2, 0.25) is 0 Å². The van der Waals surface area contributed by atoms with Crippen LogP contribution in [0.5, 0.6) is 0 Å². The van der Waals surface area contributed by atoms with Gasteiger partial charge in [-0.25, -0.2) is 0 Å². The number of carbonyl (C=O) groups excluding carboxylic acids is 3. The first-order valence-corrected chi connectivity index (χ1v) is 15.1. The number of nitrogens with zero attached hydrogens (tertiary/aromatic N) is 2. The summed E-state index contributed by atoms with van der Waals surface area (Å²) in [7, 11) is 0. The van der Waals surface area contributed by atoms with Crippen molar-refractivity contribution in [3.05, 3.63) is 126 Å². The number of amides is 2. The molecule has 0 saturated heterocycles. The van der Waals surface area contributed by atoms with Crippen LogP contribution in [0.3, 0.4) is 0 Å². The van der Waals surface area contributed by atoms with Crippen molar-refractivity contribution < 1.29 is 19.6 Å². The van der Waals surface area contributed by atoms with Crippen LogP contribution in [-0.4, -0.2) is 40.5 Å². The van der Waals surface area contributed by atoms with E-state index in [9.17, 15) is 14.4 Å². The number of hydrogen-bond donors (Lipinski definition) is 4. The third-order valence-electron chi connectivity index (χ3n) is 6.35. The normalized spacial score (nSPS) is 15.6. The van der Waals surface area contributed by atoms with Crippen LogP contribution in [0, 0.1) is 0 Å². The van der Waals surface area contributed by atoms with Crippen molar-refractivity contribution in [2.24, 2.45) is 4.99 Å². The summed E-state index contributed by atoms with van der Waals surface area (Å²) in [6, 6.07) is 16.0. The highest BCUT2D eigenvalue weighted by molar-refractivity contribution is 14.1. The fourth-order valence-electron chi connectivity index (χ4n) is 4.53. The van der Waals surface area contributed by atoms with E-state index in [1.165, 1.54) is 6.08 Å². The van der Waals surface area contributed by atoms with E-state index in [1.807, 2.05) is 74.7 Å². The molecule has 9 nitrogen and oxygen atoms in total. The molecule has 0 saturated carbocycles. The lowest BCUT2D eigenvalue weighted by molar-refractivity contribution is -0.128. The number of para-hydroxylation sites is 1. The Kier molecular flexibility index (Phi) is 14.1. The summed E-state index contributed by atoms with van der Waals surface area (Å²) in [5.41, 5.74) is 3.87. The van der Waals surface area contributed by atoms with Gasteiger partial charge in [0.1, 0.15) is 12.2 Å². The predicted molar refractivity (Wildman–Crippen MR) is 184 cm³/mol. The number of hydrogen-bond acceptors (Lipinski definition) is 7. The van der Waals surface area contributed by atoms with Crippen molar-refractivity contribution in [1.82, 2.24) is 14.0 Å². The molecule has 5 rings (SSSR count). The molecule has 3 aromatic rings. The molecule has 2 aromatic carbocycles. The Labute approximate surface area is 270 Å². The van der Waals surface area contributed by atoms with Gasteiger partial charge in [-0.3, -0.25) is 24.4 Å². The monoisotopic (exact) mass is 703 g/mol. The zero-order chi connectivity index (χ0) is 31.7. The van der Waals surface area contributed by atoms with Crippen molar-refractivity contribution in [3.8, 4) is 0 Å². The predicted octanol–water partition coefficient (Wildman–Crippen LogP) is 6.41. The van der Waals surface area contributed by atoms with E-state index in [1.54, 1.807) is 75.2 Å². The van der Waals surface area contributed by atoms with Gasteiger partial charge < -0.3 is 15.8 Å². The maximum absolute atomic E-state index is 13.8. The molecule has 2 atom stereocenters. The quantitative estimate of drug-likeness (QED) is 0.0562. The second-order valence-electron chi connectivity index (χ2n) is 9.10. The van der Waals surface area contributed by atoms with Gasteiger partial charge in [0.15, 0.2) is 0 Å². The summed E-state index contributed by atoms with van der Waals surface area (Å²) in [5.74, 6) is -2.18. The van der Waals surface area contributed by atoms with Gasteiger partial charge in [-0.05, 0) is 47.1 Å². The molecule has 2 heterocycles. The molecule has 0 spiro atoms. The third-order valence-corrected chi connectivity index (χ3v) is 6.35. The lowest BCUT2D eigenvalue weighted by atomic mass is 9.94. The van der Waals surface area contributed by atoms with Crippen molar-refractivity contribution in [2.45, 2.75) is 32.2 Å². The third kappa shape index (κ3) is 9.49. The fourth-order valence-corrected chi connectivity index (χ4v) is 4.53. The molecular formula is C34H34IN5O4. The average Bonchev–Trinajstić information content (AvgIpc) is 3.37. The number of pyridine rings is 1. The van der Waals surface area contributed by atoms with E-state index in [-0.39, 0.29) is 6.04 Å². The zero-order valence-electron chi connectivity index (χ0n) is 24.4. The molecule has 0 radical (unpaired) electrons. The van der Waals surface area contributed by atoms with Crippen LogP contribution in [-0.2, 0) is 14.4 Å². The van der Waals surface area contributed by atoms with Crippen molar-refractivity contribution >= 4 is 69.8 Å². The number of anilines is 1. The summed E-state index contributed by atoms with van der Waals surface area (Å²) in [6.07, 6.45) is 19.4. The number of aliphatic imine (C=N–C) groups is 1. The molecule has 44 heavy (non-hydrogen) atoms. The van der Waals surface area contributed by atoms with Crippen LogP contribution in [0.15, 0.2) is 120 Å². The molecule has 10 heteroatoms. The van der Waals surface area contributed by atoms with Crippen LogP contribution >= 0.6 is 22.9 Å². The molecule has 2 aliphatic rings. The average molecular weight is 704 g/mol. The van der Waals surface area contributed by atoms with Crippen LogP contribution in [0.4, 0.5) is 5.69 Å². The maximum atomic E-state index is 13.8. The first-order chi connectivity index (χ1) is 21.5. The lowest BCUT2D eigenvalue weighted by Crippen LogP contribution is -2.36. The summed E-state index contributed by atoms with van der Waals surface area (Å²) in [5, 5.41) is 14.0. The topological polar surface area (TPSA) is 133 Å². The van der Waals surface area contributed by atoms with Crippen LogP contribution < -0.4 is 14.3 Å². The van der Waals surface area contributed by atoms with E-state index >= 15 is 0 Å². The van der Waals surface area contributed by atoms with E-state index in [2.05, 4.69) is 20.6 Å². The summed E-state index contributed by atoms with van der Waals surface area (Å²) in [6.45, 7) is 4.00. The van der Waals surface area contributed by atoms with Crippen LogP contribution in [0.25, 0.3) is 17.0 Å². The number of halogens is 1. The summed E-state index contributed by atoms with van der Waals surface area (Å²) < 4.78 is 1.72. The Morgan fingerprint density at radius 1 is 1.05 bits per heavy atom. The Morgan fingerprint density at radius 2 is 1.80 bits per heavy atom. The Balaban J connectivity index is 0.000000997. The van der Waals surface area contributed by atoms with Crippen molar-refractivity contribution in [3.63, 3.8) is 0 Å². The van der Waals surface area contributed by atoms with Crippen molar-refractivity contribution in [2.75, 3.05) is 5.32 Å². The SMILES string of the molecule is CC.O=C/C=C/c1cccc(C(C(=O)NC2=CC3N=CCC=CC3=CC=C2)C(=O)Nc2cccc3cccnc23)c1.ONI. The number of carbonyl (C=O) groups is 3. The molecule has 226 valence electrons. The first-order valence-electron chi connectivity index (χ1n) is 14.0. The molecule has 1 aliphatic carbocycles. The maximum Gasteiger partial charge on any atom is 0.241 e. The highest BCUT2D eigenvalue weighted by Crippen LogP contribution is 2.26. The fraction of sp³-hybridized carbons (Fsp3) is 0.147. The summed E-state index contributed by atoms with van der Waals surface area (Å²) in [4.78, 5) is 47.4. The number of fused-ring (bicyclic) bond motifs is 2. The van der Waals surface area contributed by atoms with Gasteiger partial charge in [0.2, 0.25) is 11.8 Å². The van der Waals surface area contributed by atoms with Gasteiger partial charge in [-0.2, -0.15) is 0 Å². The number of aldehydes is 1. The van der Waals surface area contributed by atoms with Crippen LogP contribution in [0.1, 0.15) is 37.3 Å². The molecule has 0 fully saturated rings. The second kappa shape index (κ2) is 18.2.